The lowest BCUT2D eigenvalue weighted by Gasteiger charge is -2.00. The molecule has 1 amide bonds. The Morgan fingerprint density at radius 3 is 2.83 bits per heavy atom. The summed E-state index contributed by atoms with van der Waals surface area (Å²) in [5, 5.41) is 3.11. The molecule has 0 atom stereocenters. The molecule has 6 nitrogen and oxygen atoms in total. The van der Waals surface area contributed by atoms with Crippen molar-refractivity contribution in [2.75, 3.05) is 12.4 Å². The van der Waals surface area contributed by atoms with E-state index >= 15 is 0 Å². The number of carbonyl (C=O) groups excluding carboxylic acids is 2. The summed E-state index contributed by atoms with van der Waals surface area (Å²) in [4.78, 5) is 26.1. The van der Waals surface area contributed by atoms with E-state index in [1.54, 1.807) is 18.2 Å². The van der Waals surface area contributed by atoms with Crippen molar-refractivity contribution in [2.24, 2.45) is 0 Å². The van der Waals surface area contributed by atoms with Crippen molar-refractivity contribution in [1.29, 1.82) is 0 Å². The van der Waals surface area contributed by atoms with Gasteiger partial charge >= 0.3 is 6.16 Å². The van der Waals surface area contributed by atoms with Gasteiger partial charge in [-0.3, -0.25) is 4.79 Å². The van der Waals surface area contributed by atoms with Crippen LogP contribution in [0.3, 0.4) is 0 Å². The van der Waals surface area contributed by atoms with Crippen LogP contribution in [0.25, 0.3) is 10.2 Å². The third-order valence-electron chi connectivity index (χ3n) is 2.01. The molecule has 0 aliphatic carbocycles. The van der Waals surface area contributed by atoms with Crippen LogP contribution in [-0.4, -0.2) is 24.2 Å². The molecule has 0 saturated carbocycles. The van der Waals surface area contributed by atoms with Crippen LogP contribution in [0.4, 0.5) is 9.93 Å². The van der Waals surface area contributed by atoms with Gasteiger partial charge in [0.05, 0.1) is 17.3 Å². The van der Waals surface area contributed by atoms with Crippen molar-refractivity contribution in [3.8, 4) is 5.75 Å². The fourth-order valence-electron chi connectivity index (χ4n) is 1.31. The Morgan fingerprint density at radius 1 is 1.39 bits per heavy atom. The molecule has 0 fully saturated rings. The molecule has 1 aromatic heterocycles. The minimum absolute atomic E-state index is 0.180. The summed E-state index contributed by atoms with van der Waals surface area (Å²) in [5.74, 6) is 0.187. The maximum absolute atomic E-state index is 11.0. The highest BCUT2D eigenvalue weighted by Gasteiger charge is 2.08. The van der Waals surface area contributed by atoms with Gasteiger partial charge in [0, 0.05) is 13.0 Å². The largest absolute Gasteiger partial charge is 0.513 e. The van der Waals surface area contributed by atoms with Crippen LogP contribution in [0.5, 0.6) is 5.75 Å². The highest BCUT2D eigenvalue weighted by atomic mass is 32.1. The zero-order chi connectivity index (χ0) is 13.1. The lowest BCUT2D eigenvalue weighted by Crippen LogP contribution is -2.06. The second-order valence-electron chi connectivity index (χ2n) is 3.39. The van der Waals surface area contributed by atoms with Crippen LogP contribution in [0.1, 0.15) is 6.92 Å². The Morgan fingerprint density at radius 2 is 2.17 bits per heavy atom. The Labute approximate surface area is 107 Å². The van der Waals surface area contributed by atoms with Gasteiger partial charge in [0.15, 0.2) is 5.13 Å². The van der Waals surface area contributed by atoms with Gasteiger partial charge in [0.1, 0.15) is 5.75 Å². The number of hydrogen-bond acceptors (Lipinski definition) is 6. The second kappa shape index (κ2) is 5.01. The summed E-state index contributed by atoms with van der Waals surface area (Å²) >= 11 is 1.30. The van der Waals surface area contributed by atoms with Crippen molar-refractivity contribution in [3.63, 3.8) is 0 Å². The van der Waals surface area contributed by atoms with E-state index in [-0.39, 0.29) is 5.91 Å². The van der Waals surface area contributed by atoms with Gasteiger partial charge < -0.3 is 14.8 Å². The zero-order valence-electron chi connectivity index (χ0n) is 9.72. The Bertz CT molecular complexity index is 608. The number of amides is 1. The predicted octanol–water partition coefficient (Wildman–Crippen LogP) is 2.40. The summed E-state index contributed by atoms with van der Waals surface area (Å²) in [6.45, 7) is 1.41. The lowest BCUT2D eigenvalue weighted by atomic mass is 10.3. The average molecular weight is 266 g/mol. The van der Waals surface area contributed by atoms with Crippen molar-refractivity contribution in [1.82, 2.24) is 4.98 Å². The van der Waals surface area contributed by atoms with Gasteiger partial charge in [-0.1, -0.05) is 11.3 Å². The van der Waals surface area contributed by atoms with Crippen LogP contribution in [0, 0.1) is 0 Å². The molecule has 0 radical (unpaired) electrons. The molecule has 0 unspecified atom stereocenters. The number of rotatable bonds is 2. The van der Waals surface area contributed by atoms with Gasteiger partial charge in [-0.15, -0.1) is 0 Å². The van der Waals surface area contributed by atoms with Crippen LogP contribution >= 0.6 is 11.3 Å². The number of thiazole rings is 1. The summed E-state index contributed by atoms with van der Waals surface area (Å²) in [6, 6.07) is 4.97. The second-order valence-corrected chi connectivity index (χ2v) is 4.42. The highest BCUT2D eigenvalue weighted by Crippen LogP contribution is 2.29. The molecule has 2 aromatic rings. The third kappa shape index (κ3) is 2.75. The van der Waals surface area contributed by atoms with Gasteiger partial charge in [0.2, 0.25) is 5.91 Å². The fraction of sp³-hybridized carbons (Fsp3) is 0.182. The topological polar surface area (TPSA) is 77.5 Å². The van der Waals surface area contributed by atoms with Crippen molar-refractivity contribution in [2.45, 2.75) is 6.92 Å². The first-order chi connectivity index (χ1) is 8.58. The lowest BCUT2D eigenvalue weighted by molar-refractivity contribution is -0.114. The van der Waals surface area contributed by atoms with E-state index in [0.717, 1.165) is 10.2 Å². The van der Waals surface area contributed by atoms with Crippen molar-refractivity contribution >= 4 is 38.7 Å². The first-order valence-corrected chi connectivity index (χ1v) is 5.84. The first-order valence-electron chi connectivity index (χ1n) is 5.02. The quantitative estimate of drug-likeness (QED) is 0.667. The molecule has 0 aliphatic heterocycles. The zero-order valence-corrected chi connectivity index (χ0v) is 10.5. The van der Waals surface area contributed by atoms with Gasteiger partial charge in [-0.25, -0.2) is 9.78 Å². The van der Waals surface area contributed by atoms with Gasteiger partial charge in [0.25, 0.3) is 0 Å². The summed E-state index contributed by atoms with van der Waals surface area (Å²) in [6.07, 6.45) is -0.777. The van der Waals surface area contributed by atoms with E-state index in [0.29, 0.717) is 10.9 Å². The molecule has 0 aliphatic rings. The number of carbonyl (C=O) groups is 2. The van der Waals surface area contributed by atoms with Crippen molar-refractivity contribution in [3.05, 3.63) is 18.2 Å². The molecule has 1 heterocycles. The first kappa shape index (κ1) is 12.3. The van der Waals surface area contributed by atoms with Crippen LogP contribution in [-0.2, 0) is 9.53 Å². The standard InChI is InChI=1S/C11H10N2O4S/c1-6(14)12-10-13-8-4-3-7(5-9(8)18-10)17-11(15)16-2/h3-5H,1-2H3,(H,12,13,14). The van der Waals surface area contributed by atoms with Crippen LogP contribution in [0.2, 0.25) is 0 Å². The molecule has 0 spiro atoms. The number of fused-ring (bicyclic) bond motifs is 1. The third-order valence-corrected chi connectivity index (χ3v) is 2.94. The number of nitrogens with zero attached hydrogens (tertiary/aromatic N) is 1. The van der Waals surface area contributed by atoms with Crippen LogP contribution in [0.15, 0.2) is 18.2 Å². The molecule has 2 rings (SSSR count). The Balaban J connectivity index is 2.27. The van der Waals surface area contributed by atoms with Gasteiger partial charge in [-0.2, -0.15) is 0 Å². The molecular formula is C11H10N2O4S. The summed E-state index contributed by atoms with van der Waals surface area (Å²) in [7, 11) is 1.24. The minimum Gasteiger partial charge on any atom is -0.437 e. The number of nitrogens with one attached hydrogen (secondary N) is 1. The number of benzene rings is 1. The number of hydrogen-bond donors (Lipinski definition) is 1. The number of ether oxygens (including phenoxy) is 2. The van der Waals surface area contributed by atoms with E-state index in [2.05, 4.69) is 15.0 Å². The molecular weight excluding hydrogens is 256 g/mol. The number of aromatic nitrogens is 1. The SMILES string of the molecule is COC(=O)Oc1ccc2nc(NC(C)=O)sc2c1. The monoisotopic (exact) mass is 266 g/mol. The maximum atomic E-state index is 11.0. The molecule has 0 bridgehead atoms. The molecule has 18 heavy (non-hydrogen) atoms. The highest BCUT2D eigenvalue weighted by molar-refractivity contribution is 7.22. The maximum Gasteiger partial charge on any atom is 0.513 e. The summed E-state index contributed by atoms with van der Waals surface area (Å²) < 4.78 is 10.1. The number of methoxy groups -OCH3 is 1. The smallest absolute Gasteiger partial charge is 0.437 e. The van der Waals surface area contributed by atoms with Crippen molar-refractivity contribution < 1.29 is 19.1 Å². The minimum atomic E-state index is -0.777. The van der Waals surface area contributed by atoms with Crippen LogP contribution < -0.4 is 10.1 Å². The number of anilines is 1. The predicted molar refractivity (Wildman–Crippen MR) is 67.0 cm³/mol. The molecule has 1 N–H and O–H groups in total. The fourth-order valence-corrected chi connectivity index (χ4v) is 2.25. The van der Waals surface area contributed by atoms with E-state index < -0.39 is 6.16 Å². The molecule has 1 aromatic carbocycles. The Hall–Kier alpha value is -2.15. The average Bonchev–Trinajstić information content (AvgIpc) is 2.69. The Kier molecular flexibility index (Phi) is 3.42. The van der Waals surface area contributed by atoms with E-state index in [9.17, 15) is 9.59 Å². The molecule has 94 valence electrons. The van der Waals surface area contributed by atoms with E-state index in [4.69, 9.17) is 4.74 Å². The van der Waals surface area contributed by atoms with E-state index in [1.165, 1.54) is 25.4 Å². The van der Waals surface area contributed by atoms with E-state index in [1.807, 2.05) is 0 Å². The molecule has 7 heteroatoms. The normalized spacial score (nSPS) is 10.1. The summed E-state index contributed by atoms with van der Waals surface area (Å²) in [5.41, 5.74) is 0.723. The molecule has 0 saturated heterocycles. The van der Waals surface area contributed by atoms with Gasteiger partial charge in [-0.05, 0) is 12.1 Å².